The Morgan fingerprint density at radius 2 is 1.72 bits per heavy atom. The number of carbonyl (C=O) groups excluding carboxylic acids is 1. The van der Waals surface area contributed by atoms with Crippen molar-refractivity contribution < 1.29 is 17.6 Å². The number of benzene rings is 2. The van der Waals surface area contributed by atoms with E-state index in [4.69, 9.17) is 4.42 Å². The van der Waals surface area contributed by atoms with Gasteiger partial charge in [0.1, 0.15) is 23.2 Å². The fourth-order valence-corrected chi connectivity index (χ4v) is 5.69. The number of sulfonamides is 1. The number of anilines is 1. The number of nitrogens with zero attached hydrogens (tertiary/aromatic N) is 2. The molecule has 1 aromatic heterocycles. The van der Waals surface area contributed by atoms with Crippen LogP contribution in [0.3, 0.4) is 0 Å². The quantitative estimate of drug-likeness (QED) is 0.657. The molecule has 0 unspecified atom stereocenters. The number of para-hydroxylation sites is 1. The molecule has 0 radical (unpaired) electrons. The van der Waals surface area contributed by atoms with Gasteiger partial charge in [-0.1, -0.05) is 30.3 Å². The van der Waals surface area contributed by atoms with E-state index in [1.807, 2.05) is 4.90 Å². The number of likely N-dealkylation sites (tertiary alicyclic amines) is 1. The van der Waals surface area contributed by atoms with Crippen molar-refractivity contribution in [2.45, 2.75) is 17.7 Å². The second kappa shape index (κ2) is 7.52. The summed E-state index contributed by atoms with van der Waals surface area (Å²) in [6.45, 7) is 1.43. The van der Waals surface area contributed by atoms with Crippen LogP contribution >= 0.6 is 0 Å². The van der Waals surface area contributed by atoms with Crippen LogP contribution in [0.2, 0.25) is 0 Å². The summed E-state index contributed by atoms with van der Waals surface area (Å²) in [5.41, 5.74) is 0.982. The maximum Gasteiger partial charge on any atom is 0.275 e. The number of hydrogen-bond donors (Lipinski definition) is 1. The topological polar surface area (TPSA) is 99.9 Å². The second-order valence-electron chi connectivity index (χ2n) is 7.79. The lowest BCUT2D eigenvalue weighted by Gasteiger charge is -2.35. The molecule has 32 heavy (non-hydrogen) atoms. The molecule has 1 saturated heterocycles. The van der Waals surface area contributed by atoms with Gasteiger partial charge < -0.3 is 14.6 Å². The molecule has 2 aromatic carbocycles. The van der Waals surface area contributed by atoms with Crippen molar-refractivity contribution in [3.05, 3.63) is 76.3 Å². The fraction of sp³-hybridized carbons (Fsp3) is 0.217. The molecule has 1 amide bonds. The van der Waals surface area contributed by atoms with Gasteiger partial charge >= 0.3 is 0 Å². The first-order valence-electron chi connectivity index (χ1n) is 10.3. The Morgan fingerprint density at radius 3 is 2.50 bits per heavy atom. The lowest BCUT2D eigenvalue weighted by atomic mass is 10.1. The molecule has 2 aliphatic heterocycles. The van der Waals surface area contributed by atoms with Crippen molar-refractivity contribution >= 4 is 38.3 Å². The van der Waals surface area contributed by atoms with Crippen LogP contribution in [0.1, 0.15) is 18.4 Å². The summed E-state index contributed by atoms with van der Waals surface area (Å²) in [4.78, 5) is 28.5. The van der Waals surface area contributed by atoms with Gasteiger partial charge in [0.05, 0.1) is 16.0 Å². The van der Waals surface area contributed by atoms with E-state index in [1.165, 1.54) is 13.3 Å². The highest BCUT2D eigenvalue weighted by atomic mass is 32.2. The van der Waals surface area contributed by atoms with Crippen molar-refractivity contribution in [3.8, 4) is 0 Å². The van der Waals surface area contributed by atoms with Crippen LogP contribution < -0.4 is 10.7 Å². The van der Waals surface area contributed by atoms with E-state index in [9.17, 15) is 18.0 Å². The molecule has 164 valence electrons. The predicted molar refractivity (Wildman–Crippen MR) is 120 cm³/mol. The Morgan fingerprint density at radius 1 is 1.03 bits per heavy atom. The van der Waals surface area contributed by atoms with Gasteiger partial charge in [0.2, 0.25) is 5.43 Å². The Kier molecular flexibility index (Phi) is 4.78. The molecular formula is C23H21N3O5S. The van der Waals surface area contributed by atoms with Gasteiger partial charge in [-0.05, 0) is 31.0 Å². The molecule has 0 spiro atoms. The lowest BCUT2D eigenvalue weighted by Crippen LogP contribution is -2.40. The molecule has 0 atom stereocenters. The van der Waals surface area contributed by atoms with Crippen molar-refractivity contribution in [2.75, 3.05) is 25.5 Å². The van der Waals surface area contributed by atoms with Gasteiger partial charge in [-0.25, -0.2) is 8.42 Å². The summed E-state index contributed by atoms with van der Waals surface area (Å²) in [5.74, 6) is -0.685. The van der Waals surface area contributed by atoms with E-state index in [0.717, 1.165) is 17.1 Å². The van der Waals surface area contributed by atoms with Crippen molar-refractivity contribution in [1.82, 2.24) is 9.21 Å². The minimum absolute atomic E-state index is 0.0156. The average molecular weight is 452 g/mol. The molecule has 0 saturated carbocycles. The highest BCUT2D eigenvalue weighted by Crippen LogP contribution is 2.39. The molecule has 0 aliphatic carbocycles. The first kappa shape index (κ1) is 20.3. The summed E-state index contributed by atoms with van der Waals surface area (Å²) in [6, 6.07) is 13.4. The maximum atomic E-state index is 13.4. The van der Waals surface area contributed by atoms with Crippen molar-refractivity contribution in [2.24, 2.45) is 0 Å². The number of fused-ring (bicyclic) bond motifs is 2. The third-order valence-electron chi connectivity index (χ3n) is 5.89. The molecule has 2 aliphatic rings. The second-order valence-corrected chi connectivity index (χ2v) is 9.73. The fourth-order valence-electron chi connectivity index (χ4n) is 4.29. The van der Waals surface area contributed by atoms with E-state index in [1.54, 1.807) is 48.5 Å². The Labute approximate surface area is 184 Å². The highest BCUT2D eigenvalue weighted by Gasteiger charge is 2.40. The first-order valence-corrected chi connectivity index (χ1v) is 11.7. The van der Waals surface area contributed by atoms with Crippen LogP contribution in [0.4, 0.5) is 5.69 Å². The molecule has 1 fully saturated rings. The molecule has 1 N–H and O–H groups in total. The number of likely N-dealkylation sites (N-methyl/N-ethyl adjacent to an activating group) is 1. The summed E-state index contributed by atoms with van der Waals surface area (Å²) in [7, 11) is -2.57. The molecular weight excluding hydrogens is 430 g/mol. The van der Waals surface area contributed by atoms with Gasteiger partial charge in [-0.3, -0.25) is 13.9 Å². The van der Waals surface area contributed by atoms with E-state index in [2.05, 4.69) is 5.32 Å². The summed E-state index contributed by atoms with van der Waals surface area (Å²) >= 11 is 0. The predicted octanol–water partition coefficient (Wildman–Crippen LogP) is 2.83. The van der Waals surface area contributed by atoms with Gasteiger partial charge in [-0.15, -0.1) is 0 Å². The van der Waals surface area contributed by atoms with Gasteiger partial charge in [0.25, 0.3) is 15.9 Å². The number of nitrogens with one attached hydrogen (secondary N) is 1. The number of carbonyl (C=O) groups is 1. The number of amides is 1. The Balaban J connectivity index is 1.66. The normalized spacial score (nSPS) is 17.5. The first-order chi connectivity index (χ1) is 15.4. The summed E-state index contributed by atoms with van der Waals surface area (Å²) in [5, 5.41) is 2.92. The summed E-state index contributed by atoms with van der Waals surface area (Å²) in [6.07, 6.45) is 3.08. The summed E-state index contributed by atoms with van der Waals surface area (Å²) < 4.78 is 32.9. The number of hydrogen-bond acceptors (Lipinski definition) is 6. The minimum atomic E-state index is -3.93. The van der Waals surface area contributed by atoms with E-state index >= 15 is 0 Å². The van der Waals surface area contributed by atoms with E-state index in [0.29, 0.717) is 35.3 Å². The third-order valence-corrected chi connectivity index (χ3v) is 7.70. The smallest absolute Gasteiger partial charge is 0.275 e. The molecule has 3 heterocycles. The zero-order chi connectivity index (χ0) is 22.5. The highest BCUT2D eigenvalue weighted by molar-refractivity contribution is 7.89. The zero-order valence-corrected chi connectivity index (χ0v) is 18.2. The van der Waals surface area contributed by atoms with Gasteiger partial charge in [-0.2, -0.15) is 0 Å². The molecule has 5 rings (SSSR count). The van der Waals surface area contributed by atoms with Crippen LogP contribution in [0.25, 0.3) is 16.7 Å². The van der Waals surface area contributed by atoms with Crippen LogP contribution in [-0.4, -0.2) is 43.7 Å². The monoisotopic (exact) mass is 451 g/mol. The molecule has 9 heteroatoms. The standard InChI is InChI=1S/C23H21N3O5S/c1-25-21(23(28)24-17-14-31-18-10-4-2-8-15(18)22(17)27)20(26-12-6-7-13-26)16-9-3-5-11-19(16)32(25,29)30/h2-5,8-11,14H,6-7,12-13H2,1H3,(H,24,28). The van der Waals surface area contributed by atoms with Gasteiger partial charge in [0, 0.05) is 25.7 Å². The SMILES string of the molecule is CN1C(C(=O)Nc2coc3ccccc3c2=O)=C(N2CCCC2)c2ccccc2S1(=O)=O. The Hall–Kier alpha value is -3.59. The average Bonchev–Trinajstić information content (AvgIpc) is 3.33. The van der Waals surface area contributed by atoms with Crippen LogP contribution in [0, 0.1) is 0 Å². The van der Waals surface area contributed by atoms with Crippen LogP contribution in [0.15, 0.2) is 74.6 Å². The van der Waals surface area contributed by atoms with E-state index in [-0.39, 0.29) is 16.3 Å². The minimum Gasteiger partial charge on any atom is -0.462 e. The third kappa shape index (κ3) is 3.08. The lowest BCUT2D eigenvalue weighted by molar-refractivity contribution is -0.113. The van der Waals surface area contributed by atoms with Crippen LogP contribution in [-0.2, 0) is 14.8 Å². The Bertz CT molecular complexity index is 1440. The van der Waals surface area contributed by atoms with Crippen molar-refractivity contribution in [3.63, 3.8) is 0 Å². The largest absolute Gasteiger partial charge is 0.462 e. The maximum absolute atomic E-state index is 13.4. The van der Waals surface area contributed by atoms with Gasteiger partial charge in [0.15, 0.2) is 0 Å². The van der Waals surface area contributed by atoms with Crippen molar-refractivity contribution in [1.29, 1.82) is 0 Å². The zero-order valence-electron chi connectivity index (χ0n) is 17.4. The number of rotatable bonds is 3. The molecule has 8 nitrogen and oxygen atoms in total. The molecule has 3 aromatic rings. The van der Waals surface area contributed by atoms with Crippen LogP contribution in [0.5, 0.6) is 0 Å². The van der Waals surface area contributed by atoms with E-state index < -0.39 is 21.4 Å². The molecule has 0 bridgehead atoms.